The second-order valence-corrected chi connectivity index (χ2v) is 17.0. The standard InChI is InChI=1S/C49H59N11O7/c1-2-36-39(44(50)62)13-12-37(43(36)57-49(17-20-51-21-18-49)48-56-45(58-59-48)40-16-19-52-31-54-40)32-8-7-9-35(29-32)67-24-6-4-3-5-23-65-26-27-66-25-22-53-34-10-11-38-33(28-34)30-60(47(38)64)41-14-15-42(61)55-46(41)63/h7-13,16,19,28-29,31,41,51,53,57H,2-6,14-15,17-18,20-27,30H2,1H3,(H2,50,62)(H,55,61,63)(H,56,58,59). The SMILES string of the molecule is CCc1c(C(N)=O)ccc(-c2cccc(OCCCCCCOCCOCCNc3ccc4c(c3)CN(C3CCC(=O)NC3=O)C4=O)c2)c1NC1(c2nc(-c3ccncn3)n[nH]2)CCNCC1. The van der Waals surface area contributed by atoms with Gasteiger partial charge in [-0.25, -0.2) is 15.0 Å². The molecule has 0 spiro atoms. The van der Waals surface area contributed by atoms with Gasteiger partial charge in [-0.05, 0) is 117 Å². The van der Waals surface area contributed by atoms with E-state index < -0.39 is 23.4 Å². The van der Waals surface area contributed by atoms with Gasteiger partial charge in [0.05, 0.1) is 32.0 Å². The Morgan fingerprint density at radius 3 is 2.51 bits per heavy atom. The highest BCUT2D eigenvalue weighted by atomic mass is 16.5. The third kappa shape index (κ3) is 11.3. The van der Waals surface area contributed by atoms with Crippen molar-refractivity contribution >= 4 is 35.0 Å². The number of nitrogens with zero attached hydrogens (tertiary/aromatic N) is 5. The highest BCUT2D eigenvalue weighted by molar-refractivity contribution is 6.05. The van der Waals surface area contributed by atoms with Gasteiger partial charge >= 0.3 is 0 Å². The Bertz CT molecular complexity index is 2530. The van der Waals surface area contributed by atoms with E-state index >= 15 is 0 Å². The Morgan fingerprint density at radius 2 is 1.73 bits per heavy atom. The summed E-state index contributed by atoms with van der Waals surface area (Å²) in [4.78, 5) is 64.4. The molecular weight excluding hydrogens is 855 g/mol. The number of H-pyrrole nitrogens is 1. The summed E-state index contributed by atoms with van der Waals surface area (Å²) in [5.41, 5.74) is 12.3. The number of rotatable bonds is 23. The van der Waals surface area contributed by atoms with Gasteiger partial charge in [0.1, 0.15) is 23.8 Å². The number of nitrogens with two attached hydrogens (primary N) is 1. The lowest BCUT2D eigenvalue weighted by Gasteiger charge is -2.39. The first-order chi connectivity index (χ1) is 32.7. The fourth-order valence-corrected chi connectivity index (χ4v) is 9.03. The Kier molecular flexibility index (Phi) is 15.5. The molecule has 8 rings (SSSR count). The van der Waals surface area contributed by atoms with Crippen LogP contribution in [0.4, 0.5) is 11.4 Å². The van der Waals surface area contributed by atoms with Gasteiger partial charge in [-0.2, -0.15) is 5.10 Å². The normalized spacial score (nSPS) is 16.7. The summed E-state index contributed by atoms with van der Waals surface area (Å²) in [6.07, 6.45) is 9.63. The van der Waals surface area contributed by atoms with Crippen molar-refractivity contribution < 1.29 is 33.4 Å². The minimum Gasteiger partial charge on any atom is -0.494 e. The summed E-state index contributed by atoms with van der Waals surface area (Å²) in [5.74, 6) is 0.568. The summed E-state index contributed by atoms with van der Waals surface area (Å²) in [6.45, 7) is 7.24. The Balaban J connectivity index is 0.757. The number of piperidine rings is 2. The number of benzene rings is 3. The number of fused-ring (bicyclic) bond motifs is 1. The number of nitrogens with one attached hydrogen (secondary N) is 5. The molecule has 7 N–H and O–H groups in total. The number of amides is 4. The van der Waals surface area contributed by atoms with Crippen LogP contribution in [0.3, 0.4) is 0 Å². The number of aromatic nitrogens is 5. The summed E-state index contributed by atoms with van der Waals surface area (Å²) < 4.78 is 17.8. The summed E-state index contributed by atoms with van der Waals surface area (Å²) in [5, 5.41) is 20.8. The number of primary amides is 1. The molecule has 1 atom stereocenters. The second-order valence-electron chi connectivity index (χ2n) is 17.0. The van der Waals surface area contributed by atoms with Crippen LogP contribution in [0.15, 0.2) is 73.2 Å². The van der Waals surface area contributed by atoms with Crippen LogP contribution in [0.1, 0.15) is 96.0 Å². The van der Waals surface area contributed by atoms with Crippen LogP contribution in [0.5, 0.6) is 5.75 Å². The molecule has 1 unspecified atom stereocenters. The lowest BCUT2D eigenvalue weighted by Crippen LogP contribution is -2.52. The number of carbonyl (C=O) groups is 4. The van der Waals surface area contributed by atoms with Crippen LogP contribution in [-0.4, -0.2) is 112 Å². The molecule has 2 saturated heterocycles. The lowest BCUT2D eigenvalue weighted by atomic mass is 9.85. The molecule has 2 fully saturated rings. The minimum absolute atomic E-state index is 0.185. The quantitative estimate of drug-likeness (QED) is 0.0368. The van der Waals surface area contributed by atoms with Crippen LogP contribution in [0.2, 0.25) is 0 Å². The highest BCUT2D eigenvalue weighted by Crippen LogP contribution is 2.41. The van der Waals surface area contributed by atoms with Crippen molar-refractivity contribution in [1.29, 1.82) is 0 Å². The van der Waals surface area contributed by atoms with Crippen molar-refractivity contribution in [3.05, 3.63) is 101 Å². The number of hydrogen-bond acceptors (Lipinski definition) is 14. The van der Waals surface area contributed by atoms with Crippen LogP contribution in [0, 0.1) is 0 Å². The Morgan fingerprint density at radius 1 is 0.925 bits per heavy atom. The first kappa shape index (κ1) is 46.8. The molecule has 3 aliphatic rings. The molecule has 2 aromatic heterocycles. The van der Waals surface area contributed by atoms with E-state index in [-0.39, 0.29) is 18.2 Å². The average molecular weight is 914 g/mol. The van der Waals surface area contributed by atoms with E-state index in [1.54, 1.807) is 23.2 Å². The van der Waals surface area contributed by atoms with Gasteiger partial charge < -0.3 is 40.8 Å². The molecule has 5 aromatic rings. The van der Waals surface area contributed by atoms with E-state index in [0.717, 1.165) is 91.0 Å². The third-order valence-corrected chi connectivity index (χ3v) is 12.6. The molecule has 3 aromatic carbocycles. The zero-order chi connectivity index (χ0) is 46.6. The fraction of sp³-hybridized carbons (Fsp3) is 0.429. The molecule has 0 aliphatic carbocycles. The van der Waals surface area contributed by atoms with Crippen LogP contribution in [-0.2, 0) is 37.6 Å². The van der Waals surface area contributed by atoms with Gasteiger partial charge in [0.25, 0.3) is 5.91 Å². The molecule has 67 heavy (non-hydrogen) atoms. The molecule has 352 valence electrons. The van der Waals surface area contributed by atoms with E-state index in [0.29, 0.717) is 87.4 Å². The monoisotopic (exact) mass is 913 g/mol. The van der Waals surface area contributed by atoms with Gasteiger partial charge in [-0.15, -0.1) is 0 Å². The van der Waals surface area contributed by atoms with E-state index in [1.165, 1.54) is 6.33 Å². The number of anilines is 2. The number of imide groups is 1. The largest absolute Gasteiger partial charge is 0.494 e. The average Bonchev–Trinajstić information content (AvgIpc) is 3.97. The topological polar surface area (TPSA) is 241 Å². The molecule has 0 bridgehead atoms. The highest BCUT2D eigenvalue weighted by Gasteiger charge is 2.40. The van der Waals surface area contributed by atoms with Crippen molar-refractivity contribution in [3.63, 3.8) is 0 Å². The third-order valence-electron chi connectivity index (χ3n) is 12.6. The van der Waals surface area contributed by atoms with Crippen molar-refractivity contribution in [1.82, 2.24) is 40.7 Å². The predicted molar refractivity (Wildman–Crippen MR) is 251 cm³/mol. The molecular formula is C49H59N11O7. The molecule has 3 aliphatic heterocycles. The number of unbranched alkanes of at least 4 members (excludes halogenated alkanes) is 3. The number of ether oxygens (including phenoxy) is 3. The molecule has 0 saturated carbocycles. The van der Waals surface area contributed by atoms with Crippen LogP contribution >= 0.6 is 0 Å². The van der Waals surface area contributed by atoms with Gasteiger partial charge in [0, 0.05) is 60.4 Å². The van der Waals surface area contributed by atoms with Gasteiger partial charge in [-0.1, -0.05) is 31.5 Å². The van der Waals surface area contributed by atoms with Crippen molar-refractivity contribution in [3.8, 4) is 28.4 Å². The van der Waals surface area contributed by atoms with E-state index in [9.17, 15) is 19.2 Å². The first-order valence-electron chi connectivity index (χ1n) is 23.3. The first-order valence-corrected chi connectivity index (χ1v) is 23.3. The second kappa shape index (κ2) is 22.2. The minimum atomic E-state index is -0.628. The molecule has 18 heteroatoms. The van der Waals surface area contributed by atoms with Crippen molar-refractivity contribution in [2.45, 2.75) is 82.8 Å². The zero-order valence-corrected chi connectivity index (χ0v) is 37.9. The van der Waals surface area contributed by atoms with Crippen molar-refractivity contribution in [2.24, 2.45) is 5.73 Å². The maximum atomic E-state index is 12.9. The number of carbonyl (C=O) groups excluding carboxylic acids is 4. The zero-order valence-electron chi connectivity index (χ0n) is 37.9. The number of aromatic amines is 1. The van der Waals surface area contributed by atoms with Crippen LogP contribution in [0.25, 0.3) is 22.6 Å². The maximum Gasteiger partial charge on any atom is 0.255 e. The summed E-state index contributed by atoms with van der Waals surface area (Å²) in [6, 6.07) is 18.5. The molecule has 0 radical (unpaired) electrons. The summed E-state index contributed by atoms with van der Waals surface area (Å²) in [7, 11) is 0. The maximum absolute atomic E-state index is 12.9. The fourth-order valence-electron chi connectivity index (χ4n) is 9.03. The van der Waals surface area contributed by atoms with E-state index in [1.807, 2.05) is 49.4 Å². The molecule has 18 nitrogen and oxygen atoms in total. The summed E-state index contributed by atoms with van der Waals surface area (Å²) >= 11 is 0. The van der Waals surface area contributed by atoms with E-state index in [4.69, 9.17) is 24.9 Å². The Hall–Kier alpha value is -6.76. The van der Waals surface area contributed by atoms with Gasteiger partial charge in [0.2, 0.25) is 17.7 Å². The van der Waals surface area contributed by atoms with Crippen LogP contribution < -0.4 is 31.7 Å². The van der Waals surface area contributed by atoms with Gasteiger partial charge in [-0.3, -0.25) is 29.6 Å². The smallest absolute Gasteiger partial charge is 0.255 e. The molecule has 5 heterocycles. The molecule has 4 amide bonds. The van der Waals surface area contributed by atoms with E-state index in [2.05, 4.69) is 47.5 Å². The number of hydrogen-bond donors (Lipinski definition) is 6. The lowest BCUT2D eigenvalue weighted by molar-refractivity contribution is -0.136. The van der Waals surface area contributed by atoms with Gasteiger partial charge in [0.15, 0.2) is 11.6 Å². The predicted octanol–water partition coefficient (Wildman–Crippen LogP) is 5.13. The van der Waals surface area contributed by atoms with Crippen molar-refractivity contribution in [2.75, 3.05) is 63.3 Å². The Labute approximate surface area is 389 Å².